The summed E-state index contributed by atoms with van der Waals surface area (Å²) in [6, 6.07) is 3.79. The summed E-state index contributed by atoms with van der Waals surface area (Å²) in [5.41, 5.74) is 0. The molecular weight excluding hydrogens is 166 g/mol. The fourth-order valence-electron chi connectivity index (χ4n) is 2.02. The first kappa shape index (κ1) is 7.18. The van der Waals surface area contributed by atoms with Crippen molar-refractivity contribution in [1.29, 1.82) is 0 Å². The molecule has 1 aliphatic carbocycles. The van der Waals surface area contributed by atoms with Gasteiger partial charge in [0.15, 0.2) is 5.75 Å². The van der Waals surface area contributed by atoms with Crippen LogP contribution in [0.25, 0.3) is 0 Å². The van der Waals surface area contributed by atoms with Crippen molar-refractivity contribution in [2.75, 3.05) is 0 Å². The van der Waals surface area contributed by atoms with E-state index in [1.54, 1.807) is 6.20 Å². The molecule has 1 fully saturated rings. The molecule has 0 aromatic carbocycles. The van der Waals surface area contributed by atoms with E-state index in [1.165, 1.54) is 6.42 Å². The number of ether oxygens (including phenoxy) is 2. The molecular formula is C10H11NO2. The third kappa shape index (κ3) is 1.07. The lowest BCUT2D eigenvalue weighted by Gasteiger charge is -2.28. The second-order valence-electron chi connectivity index (χ2n) is 3.55. The maximum atomic E-state index is 5.77. The van der Waals surface area contributed by atoms with Gasteiger partial charge in [0.2, 0.25) is 0 Å². The summed E-state index contributed by atoms with van der Waals surface area (Å²) >= 11 is 0. The molecule has 13 heavy (non-hydrogen) atoms. The molecule has 0 N–H and O–H groups in total. The summed E-state index contributed by atoms with van der Waals surface area (Å²) in [6.45, 7) is 0. The van der Waals surface area contributed by atoms with Gasteiger partial charge in [0.05, 0.1) is 0 Å². The predicted octanol–water partition coefficient (Wildman–Crippen LogP) is 1.77. The Balaban J connectivity index is 1.97. The first-order valence-corrected chi connectivity index (χ1v) is 4.72. The molecule has 1 aromatic rings. The molecule has 2 atom stereocenters. The summed E-state index contributed by atoms with van der Waals surface area (Å²) < 4.78 is 11.5. The lowest BCUT2D eigenvalue weighted by atomic mass is 10.2. The van der Waals surface area contributed by atoms with Gasteiger partial charge in [-0.25, -0.2) is 4.98 Å². The highest BCUT2D eigenvalue weighted by molar-refractivity contribution is 5.34. The second-order valence-corrected chi connectivity index (χ2v) is 3.55. The van der Waals surface area contributed by atoms with Crippen LogP contribution in [0.1, 0.15) is 19.3 Å². The second kappa shape index (κ2) is 2.62. The molecule has 0 bridgehead atoms. The number of pyridine rings is 1. The summed E-state index contributed by atoms with van der Waals surface area (Å²) in [4.78, 5) is 4.13. The molecule has 2 unspecified atom stereocenters. The highest BCUT2D eigenvalue weighted by Crippen LogP contribution is 2.37. The van der Waals surface area contributed by atoms with Crippen molar-refractivity contribution in [3.63, 3.8) is 0 Å². The Bertz CT molecular complexity index is 295. The largest absolute Gasteiger partial charge is 0.481 e. The topological polar surface area (TPSA) is 31.4 Å². The van der Waals surface area contributed by atoms with Gasteiger partial charge < -0.3 is 9.47 Å². The molecule has 2 heterocycles. The molecule has 0 saturated heterocycles. The van der Waals surface area contributed by atoms with Crippen LogP contribution in [0.4, 0.5) is 0 Å². The molecule has 1 aliphatic heterocycles. The smallest absolute Gasteiger partial charge is 0.257 e. The Morgan fingerprint density at radius 3 is 3.00 bits per heavy atom. The third-order valence-corrected chi connectivity index (χ3v) is 2.67. The Morgan fingerprint density at radius 2 is 2.08 bits per heavy atom. The quantitative estimate of drug-likeness (QED) is 0.605. The molecule has 3 heteroatoms. The highest BCUT2D eigenvalue weighted by Gasteiger charge is 2.35. The zero-order valence-electron chi connectivity index (χ0n) is 7.27. The normalized spacial score (nSPS) is 29.8. The van der Waals surface area contributed by atoms with E-state index < -0.39 is 0 Å². The average molecular weight is 177 g/mol. The van der Waals surface area contributed by atoms with Crippen molar-refractivity contribution in [3.8, 4) is 11.6 Å². The lowest BCUT2D eigenvalue weighted by Crippen LogP contribution is -2.35. The monoisotopic (exact) mass is 177 g/mol. The van der Waals surface area contributed by atoms with Crippen molar-refractivity contribution >= 4 is 0 Å². The van der Waals surface area contributed by atoms with Gasteiger partial charge in [0.25, 0.3) is 5.88 Å². The third-order valence-electron chi connectivity index (χ3n) is 2.67. The molecule has 1 aromatic heterocycles. The van der Waals surface area contributed by atoms with Crippen LogP contribution < -0.4 is 9.47 Å². The van der Waals surface area contributed by atoms with Crippen molar-refractivity contribution in [2.45, 2.75) is 31.5 Å². The van der Waals surface area contributed by atoms with Crippen molar-refractivity contribution < 1.29 is 9.47 Å². The van der Waals surface area contributed by atoms with Gasteiger partial charge in [-0.2, -0.15) is 0 Å². The molecule has 68 valence electrons. The van der Waals surface area contributed by atoms with E-state index in [0.717, 1.165) is 18.6 Å². The summed E-state index contributed by atoms with van der Waals surface area (Å²) in [7, 11) is 0. The van der Waals surface area contributed by atoms with Crippen LogP contribution in [0.3, 0.4) is 0 Å². The van der Waals surface area contributed by atoms with Gasteiger partial charge in [-0.1, -0.05) is 0 Å². The van der Waals surface area contributed by atoms with Crippen LogP contribution >= 0.6 is 0 Å². The molecule has 3 rings (SSSR count). The number of nitrogens with zero attached hydrogens (tertiary/aromatic N) is 1. The van der Waals surface area contributed by atoms with Crippen LogP contribution in [0, 0.1) is 0 Å². The molecule has 1 saturated carbocycles. The number of hydrogen-bond acceptors (Lipinski definition) is 3. The average Bonchev–Trinajstić information content (AvgIpc) is 2.61. The lowest BCUT2D eigenvalue weighted by molar-refractivity contribution is 0.0382. The van der Waals surface area contributed by atoms with Crippen molar-refractivity contribution in [3.05, 3.63) is 18.3 Å². The molecule has 0 radical (unpaired) electrons. The zero-order valence-corrected chi connectivity index (χ0v) is 7.27. The van der Waals surface area contributed by atoms with Crippen molar-refractivity contribution in [2.24, 2.45) is 0 Å². The van der Waals surface area contributed by atoms with Gasteiger partial charge in [0.1, 0.15) is 12.2 Å². The molecule has 0 amide bonds. The van der Waals surface area contributed by atoms with E-state index in [9.17, 15) is 0 Å². The fourth-order valence-corrected chi connectivity index (χ4v) is 2.02. The van der Waals surface area contributed by atoms with Crippen LogP contribution in [0.2, 0.25) is 0 Å². The fraction of sp³-hybridized carbons (Fsp3) is 0.500. The van der Waals surface area contributed by atoms with E-state index >= 15 is 0 Å². The maximum Gasteiger partial charge on any atom is 0.257 e. The van der Waals surface area contributed by atoms with E-state index in [-0.39, 0.29) is 12.2 Å². The SMILES string of the molecule is c1cnc2c(c1)OC1CCCC1O2. The standard InChI is InChI=1S/C10H11NO2/c1-3-7-8(4-1)13-10-9(12-7)5-2-6-11-10/h2,5-8H,1,3-4H2. The van der Waals surface area contributed by atoms with Crippen molar-refractivity contribution in [1.82, 2.24) is 4.98 Å². The van der Waals surface area contributed by atoms with Gasteiger partial charge in [0, 0.05) is 6.20 Å². The highest BCUT2D eigenvalue weighted by atomic mass is 16.6. The van der Waals surface area contributed by atoms with Crippen LogP contribution in [0.5, 0.6) is 11.6 Å². The summed E-state index contributed by atoms with van der Waals surface area (Å²) in [5.74, 6) is 1.45. The minimum atomic E-state index is 0.238. The molecule has 3 nitrogen and oxygen atoms in total. The molecule has 2 aliphatic rings. The number of hydrogen-bond donors (Lipinski definition) is 0. The van der Waals surface area contributed by atoms with Gasteiger partial charge in [-0.15, -0.1) is 0 Å². The van der Waals surface area contributed by atoms with Crippen LogP contribution in [-0.4, -0.2) is 17.2 Å². The minimum Gasteiger partial charge on any atom is -0.481 e. The Labute approximate surface area is 76.7 Å². The Kier molecular flexibility index (Phi) is 1.45. The van der Waals surface area contributed by atoms with E-state index in [2.05, 4.69) is 4.98 Å². The first-order chi connectivity index (χ1) is 6.43. The number of aromatic nitrogens is 1. The van der Waals surface area contributed by atoms with Crippen LogP contribution in [0.15, 0.2) is 18.3 Å². The first-order valence-electron chi connectivity index (χ1n) is 4.72. The van der Waals surface area contributed by atoms with Gasteiger partial charge >= 0.3 is 0 Å². The Hall–Kier alpha value is -1.25. The van der Waals surface area contributed by atoms with E-state index in [1.807, 2.05) is 12.1 Å². The van der Waals surface area contributed by atoms with Gasteiger partial charge in [-0.05, 0) is 31.4 Å². The minimum absolute atomic E-state index is 0.238. The van der Waals surface area contributed by atoms with E-state index in [4.69, 9.17) is 9.47 Å². The maximum absolute atomic E-state index is 5.77. The molecule has 0 spiro atoms. The summed E-state index contributed by atoms with van der Waals surface area (Å²) in [6.07, 6.45) is 5.64. The number of fused-ring (bicyclic) bond motifs is 2. The van der Waals surface area contributed by atoms with Crippen LogP contribution in [-0.2, 0) is 0 Å². The summed E-state index contributed by atoms with van der Waals surface area (Å²) in [5, 5.41) is 0. The zero-order chi connectivity index (χ0) is 8.67. The predicted molar refractivity (Wildman–Crippen MR) is 46.9 cm³/mol. The van der Waals surface area contributed by atoms with Gasteiger partial charge in [-0.3, -0.25) is 0 Å². The number of rotatable bonds is 0. The van der Waals surface area contributed by atoms with E-state index in [0.29, 0.717) is 5.88 Å². The Morgan fingerprint density at radius 1 is 1.23 bits per heavy atom.